The van der Waals surface area contributed by atoms with Crippen molar-refractivity contribution in [3.05, 3.63) is 51.9 Å². The molecule has 0 saturated heterocycles. The maximum absolute atomic E-state index is 13.0. The summed E-state index contributed by atoms with van der Waals surface area (Å²) in [5.74, 6) is -0.0352. The van der Waals surface area contributed by atoms with Crippen LogP contribution in [0.25, 0.3) is 21.3 Å². The fourth-order valence-electron chi connectivity index (χ4n) is 3.15. The van der Waals surface area contributed by atoms with Crippen molar-refractivity contribution in [3.8, 4) is 11.1 Å². The van der Waals surface area contributed by atoms with Crippen LogP contribution in [0.2, 0.25) is 0 Å². The first-order valence-electron chi connectivity index (χ1n) is 9.32. The van der Waals surface area contributed by atoms with Crippen molar-refractivity contribution in [1.29, 1.82) is 0 Å². The first-order chi connectivity index (χ1) is 13.0. The van der Waals surface area contributed by atoms with Gasteiger partial charge in [0.25, 0.3) is 5.56 Å². The second-order valence-electron chi connectivity index (χ2n) is 6.95. The number of rotatable bonds is 7. The zero-order valence-electron chi connectivity index (χ0n) is 16.0. The number of amides is 1. The molecule has 0 spiro atoms. The van der Waals surface area contributed by atoms with E-state index in [4.69, 9.17) is 0 Å². The van der Waals surface area contributed by atoms with Crippen LogP contribution in [0.1, 0.15) is 38.7 Å². The molecule has 5 nitrogen and oxygen atoms in total. The predicted octanol–water partition coefficient (Wildman–Crippen LogP) is 4.13. The van der Waals surface area contributed by atoms with E-state index in [1.807, 2.05) is 43.5 Å². The number of benzene rings is 1. The minimum Gasteiger partial charge on any atom is -0.354 e. The number of nitrogens with one attached hydrogen (secondary N) is 1. The Morgan fingerprint density at radius 3 is 2.74 bits per heavy atom. The van der Waals surface area contributed by atoms with Crippen molar-refractivity contribution < 1.29 is 4.79 Å². The highest BCUT2D eigenvalue weighted by atomic mass is 32.1. The van der Waals surface area contributed by atoms with Crippen LogP contribution in [0.15, 0.2) is 40.8 Å². The van der Waals surface area contributed by atoms with Crippen molar-refractivity contribution >= 4 is 27.5 Å². The number of aromatic nitrogens is 2. The molecule has 1 aromatic carbocycles. The lowest BCUT2D eigenvalue weighted by Gasteiger charge is -2.13. The molecule has 1 unspecified atom stereocenters. The summed E-state index contributed by atoms with van der Waals surface area (Å²) in [5, 5.41) is 5.58. The lowest BCUT2D eigenvalue weighted by molar-refractivity contribution is -0.121. The largest absolute Gasteiger partial charge is 0.354 e. The first-order valence-corrected chi connectivity index (χ1v) is 10.2. The van der Waals surface area contributed by atoms with Gasteiger partial charge >= 0.3 is 0 Å². The lowest BCUT2D eigenvalue weighted by atomic mass is 10.1. The highest BCUT2D eigenvalue weighted by molar-refractivity contribution is 7.17. The topological polar surface area (TPSA) is 64.0 Å². The second-order valence-corrected chi connectivity index (χ2v) is 7.80. The van der Waals surface area contributed by atoms with Gasteiger partial charge in [-0.2, -0.15) is 0 Å². The Bertz CT molecular complexity index is 989. The van der Waals surface area contributed by atoms with E-state index in [1.165, 1.54) is 21.5 Å². The van der Waals surface area contributed by atoms with Crippen LogP contribution in [0, 0.1) is 6.92 Å². The maximum Gasteiger partial charge on any atom is 0.262 e. The van der Waals surface area contributed by atoms with Crippen molar-refractivity contribution in [2.24, 2.45) is 0 Å². The van der Waals surface area contributed by atoms with Gasteiger partial charge < -0.3 is 5.32 Å². The fraction of sp³-hybridized carbons (Fsp3) is 0.381. The SMILES string of the molecule is CCCC(C)NC(=O)CCn1cnc2scc(-c3ccc(C)cc3)c2c1=O. The quantitative estimate of drug-likeness (QED) is 0.667. The standard InChI is InChI=1S/C21H25N3O2S/c1-4-5-15(3)23-18(25)10-11-24-13-22-20-19(21(24)26)17(12-27-20)16-8-6-14(2)7-9-16/h6-9,12-13,15H,4-5,10-11H2,1-3H3,(H,23,25). The molecule has 27 heavy (non-hydrogen) atoms. The van der Waals surface area contributed by atoms with Gasteiger partial charge in [-0.15, -0.1) is 11.3 Å². The molecular formula is C21H25N3O2S. The fourth-order valence-corrected chi connectivity index (χ4v) is 4.05. The Morgan fingerprint density at radius 2 is 2.04 bits per heavy atom. The molecule has 1 amide bonds. The lowest BCUT2D eigenvalue weighted by Crippen LogP contribution is -2.33. The van der Waals surface area contributed by atoms with Crippen LogP contribution < -0.4 is 10.9 Å². The molecule has 1 atom stereocenters. The summed E-state index contributed by atoms with van der Waals surface area (Å²) in [4.78, 5) is 30.2. The van der Waals surface area contributed by atoms with E-state index in [1.54, 1.807) is 6.33 Å². The van der Waals surface area contributed by atoms with E-state index in [0.29, 0.717) is 11.9 Å². The molecule has 1 N–H and O–H groups in total. The minimum atomic E-state index is -0.0915. The molecule has 2 heterocycles. The van der Waals surface area contributed by atoms with E-state index in [0.717, 1.165) is 28.8 Å². The van der Waals surface area contributed by atoms with Gasteiger partial charge in [-0.05, 0) is 25.8 Å². The summed E-state index contributed by atoms with van der Waals surface area (Å²) in [6.07, 6.45) is 3.80. The van der Waals surface area contributed by atoms with Gasteiger partial charge in [0, 0.05) is 30.0 Å². The maximum atomic E-state index is 13.0. The number of hydrogen-bond acceptors (Lipinski definition) is 4. The molecule has 0 aliphatic heterocycles. The molecule has 142 valence electrons. The zero-order chi connectivity index (χ0) is 19.4. The van der Waals surface area contributed by atoms with Crippen LogP contribution >= 0.6 is 11.3 Å². The molecule has 0 saturated carbocycles. The third-order valence-electron chi connectivity index (χ3n) is 4.63. The van der Waals surface area contributed by atoms with Crippen molar-refractivity contribution in [2.75, 3.05) is 0 Å². The van der Waals surface area contributed by atoms with Crippen LogP contribution in [-0.2, 0) is 11.3 Å². The Kier molecular flexibility index (Phi) is 6.06. The van der Waals surface area contributed by atoms with Crippen LogP contribution in [0.3, 0.4) is 0 Å². The molecular weight excluding hydrogens is 358 g/mol. The van der Waals surface area contributed by atoms with Gasteiger partial charge in [-0.1, -0.05) is 43.2 Å². The van der Waals surface area contributed by atoms with Crippen molar-refractivity contribution in [3.63, 3.8) is 0 Å². The van der Waals surface area contributed by atoms with Gasteiger partial charge in [0.15, 0.2) is 0 Å². The molecule has 2 aromatic heterocycles. The molecule has 3 aromatic rings. The Hall–Kier alpha value is -2.47. The molecule has 0 bridgehead atoms. The van der Waals surface area contributed by atoms with E-state index >= 15 is 0 Å². The van der Waals surface area contributed by atoms with Gasteiger partial charge in [-0.3, -0.25) is 14.2 Å². The summed E-state index contributed by atoms with van der Waals surface area (Å²) < 4.78 is 1.54. The average molecular weight is 384 g/mol. The van der Waals surface area contributed by atoms with Crippen LogP contribution in [0.5, 0.6) is 0 Å². The third kappa shape index (κ3) is 4.45. The van der Waals surface area contributed by atoms with Crippen LogP contribution in [0.4, 0.5) is 0 Å². The number of nitrogens with zero attached hydrogens (tertiary/aromatic N) is 2. The van der Waals surface area contributed by atoms with E-state index < -0.39 is 0 Å². The summed E-state index contributed by atoms with van der Waals surface area (Å²) in [6.45, 7) is 6.46. The Balaban J connectivity index is 1.82. The van der Waals surface area contributed by atoms with E-state index in [9.17, 15) is 9.59 Å². The molecule has 0 fully saturated rings. The number of carbonyl (C=O) groups is 1. The number of hydrogen-bond donors (Lipinski definition) is 1. The zero-order valence-corrected chi connectivity index (χ0v) is 16.8. The summed E-state index contributed by atoms with van der Waals surface area (Å²) in [7, 11) is 0. The highest BCUT2D eigenvalue weighted by Gasteiger charge is 2.14. The molecule has 0 radical (unpaired) electrons. The van der Waals surface area contributed by atoms with Gasteiger partial charge in [0.2, 0.25) is 5.91 Å². The van der Waals surface area contributed by atoms with Crippen molar-refractivity contribution in [2.45, 2.75) is 52.6 Å². The molecule has 0 aliphatic rings. The minimum absolute atomic E-state index is 0.0352. The first kappa shape index (κ1) is 19.3. The number of aryl methyl sites for hydroxylation is 2. The van der Waals surface area contributed by atoms with E-state index in [2.05, 4.69) is 17.2 Å². The predicted molar refractivity (Wildman–Crippen MR) is 111 cm³/mol. The third-order valence-corrected chi connectivity index (χ3v) is 5.52. The molecule has 0 aliphatic carbocycles. The molecule has 3 rings (SSSR count). The average Bonchev–Trinajstić information content (AvgIpc) is 3.07. The normalized spacial score (nSPS) is 12.3. The number of thiophene rings is 1. The van der Waals surface area contributed by atoms with Gasteiger partial charge in [0.1, 0.15) is 4.83 Å². The van der Waals surface area contributed by atoms with Gasteiger partial charge in [-0.25, -0.2) is 4.98 Å². The van der Waals surface area contributed by atoms with E-state index in [-0.39, 0.29) is 23.9 Å². The van der Waals surface area contributed by atoms with Crippen LogP contribution in [-0.4, -0.2) is 21.5 Å². The summed E-state index contributed by atoms with van der Waals surface area (Å²) in [5.41, 5.74) is 3.00. The Morgan fingerprint density at radius 1 is 1.30 bits per heavy atom. The number of carbonyl (C=O) groups excluding carboxylic acids is 1. The monoisotopic (exact) mass is 383 g/mol. The van der Waals surface area contributed by atoms with Crippen molar-refractivity contribution in [1.82, 2.24) is 14.9 Å². The highest BCUT2D eigenvalue weighted by Crippen LogP contribution is 2.30. The second kappa shape index (κ2) is 8.48. The number of fused-ring (bicyclic) bond motifs is 1. The van der Waals surface area contributed by atoms with Gasteiger partial charge in [0.05, 0.1) is 11.7 Å². The summed E-state index contributed by atoms with van der Waals surface area (Å²) in [6, 6.07) is 8.28. The Labute approximate surface area is 163 Å². The summed E-state index contributed by atoms with van der Waals surface area (Å²) >= 11 is 1.47. The molecule has 6 heteroatoms. The smallest absolute Gasteiger partial charge is 0.262 e.